The molecule has 1 aliphatic rings. The lowest BCUT2D eigenvalue weighted by molar-refractivity contribution is 0.381. The number of phenolic OH excluding ortho intramolecular Hbond substituents is 1. The fourth-order valence-corrected chi connectivity index (χ4v) is 3.72. The van der Waals surface area contributed by atoms with Crippen LogP contribution in [0, 0.1) is 0 Å². The first-order valence-electron chi connectivity index (χ1n) is 9.57. The quantitative estimate of drug-likeness (QED) is 0.669. The molecule has 5 nitrogen and oxygen atoms in total. The van der Waals surface area contributed by atoms with Gasteiger partial charge in [0.25, 0.3) is 0 Å². The zero-order valence-electron chi connectivity index (χ0n) is 16.5. The van der Waals surface area contributed by atoms with E-state index in [0.717, 1.165) is 33.9 Å². The maximum Gasteiger partial charge on any atom is 0.129 e. The van der Waals surface area contributed by atoms with Gasteiger partial charge in [-0.25, -0.2) is 0 Å². The predicted molar refractivity (Wildman–Crippen MR) is 114 cm³/mol. The molecule has 29 heavy (non-hydrogen) atoms. The van der Waals surface area contributed by atoms with Crippen molar-refractivity contribution in [3.05, 3.63) is 89.5 Å². The van der Waals surface area contributed by atoms with Crippen LogP contribution < -0.4 is 14.8 Å². The summed E-state index contributed by atoms with van der Waals surface area (Å²) in [5, 5.41) is 14.0. The van der Waals surface area contributed by atoms with E-state index < -0.39 is 0 Å². The molecule has 0 bridgehead atoms. The molecule has 2 N–H and O–H groups in total. The molecule has 0 saturated heterocycles. The van der Waals surface area contributed by atoms with Crippen LogP contribution in [0.2, 0.25) is 0 Å². The SMILES string of the molecule is COc1cccc(C2=NC(c3ccccc3OC)NC(c3ccccc3O)C2)c1. The number of aliphatic imine (C=N–C) groups is 1. The Morgan fingerprint density at radius 1 is 0.897 bits per heavy atom. The van der Waals surface area contributed by atoms with Crippen LogP contribution in [-0.2, 0) is 0 Å². The topological polar surface area (TPSA) is 63.1 Å². The highest BCUT2D eigenvalue weighted by molar-refractivity contribution is 6.02. The molecular weight excluding hydrogens is 364 g/mol. The van der Waals surface area contributed by atoms with Crippen LogP contribution in [-0.4, -0.2) is 25.0 Å². The number of methoxy groups -OCH3 is 2. The van der Waals surface area contributed by atoms with Gasteiger partial charge in [0.2, 0.25) is 0 Å². The highest BCUT2D eigenvalue weighted by Gasteiger charge is 2.29. The number of aromatic hydroxyl groups is 1. The highest BCUT2D eigenvalue weighted by atomic mass is 16.5. The maximum absolute atomic E-state index is 10.4. The molecule has 0 spiro atoms. The number of para-hydroxylation sites is 2. The summed E-state index contributed by atoms with van der Waals surface area (Å²) >= 11 is 0. The summed E-state index contributed by atoms with van der Waals surface area (Å²) in [5.74, 6) is 1.84. The van der Waals surface area contributed by atoms with Gasteiger partial charge in [0.05, 0.1) is 14.2 Å². The summed E-state index contributed by atoms with van der Waals surface area (Å²) in [4.78, 5) is 5.00. The summed E-state index contributed by atoms with van der Waals surface area (Å²) in [6.07, 6.45) is 0.349. The molecule has 0 amide bonds. The van der Waals surface area contributed by atoms with E-state index in [1.54, 1.807) is 20.3 Å². The minimum absolute atomic E-state index is 0.0928. The Balaban J connectivity index is 1.79. The molecule has 3 aromatic rings. The third-order valence-corrected chi connectivity index (χ3v) is 5.19. The van der Waals surface area contributed by atoms with Gasteiger partial charge in [-0.2, -0.15) is 0 Å². The minimum atomic E-state index is -0.300. The van der Waals surface area contributed by atoms with Gasteiger partial charge in [0.15, 0.2) is 0 Å². The summed E-state index contributed by atoms with van der Waals surface area (Å²) in [5.41, 5.74) is 3.76. The van der Waals surface area contributed by atoms with E-state index in [1.165, 1.54) is 0 Å². The van der Waals surface area contributed by atoms with Gasteiger partial charge in [0, 0.05) is 29.3 Å². The van der Waals surface area contributed by atoms with Gasteiger partial charge >= 0.3 is 0 Å². The summed E-state index contributed by atoms with van der Waals surface area (Å²) in [6, 6.07) is 23.1. The Hall–Kier alpha value is -3.31. The summed E-state index contributed by atoms with van der Waals surface area (Å²) in [6.45, 7) is 0. The molecular formula is C24H24N2O3. The minimum Gasteiger partial charge on any atom is -0.508 e. The van der Waals surface area contributed by atoms with Crippen LogP contribution >= 0.6 is 0 Å². The molecule has 5 heteroatoms. The third kappa shape index (κ3) is 3.96. The lowest BCUT2D eigenvalue weighted by Crippen LogP contribution is -2.33. The van der Waals surface area contributed by atoms with Crippen LogP contribution in [0.3, 0.4) is 0 Å². The molecule has 4 rings (SSSR count). The van der Waals surface area contributed by atoms with E-state index >= 15 is 0 Å². The second-order valence-corrected chi connectivity index (χ2v) is 6.93. The fourth-order valence-electron chi connectivity index (χ4n) is 3.72. The molecule has 0 fully saturated rings. The maximum atomic E-state index is 10.4. The average Bonchev–Trinajstić information content (AvgIpc) is 2.79. The van der Waals surface area contributed by atoms with Gasteiger partial charge in [-0.15, -0.1) is 0 Å². The normalized spacial score (nSPS) is 18.8. The lowest BCUT2D eigenvalue weighted by Gasteiger charge is -2.31. The van der Waals surface area contributed by atoms with Crippen LogP contribution in [0.25, 0.3) is 0 Å². The van der Waals surface area contributed by atoms with E-state index in [1.807, 2.05) is 66.7 Å². The zero-order valence-corrected chi connectivity index (χ0v) is 16.5. The molecule has 3 aromatic carbocycles. The second kappa shape index (κ2) is 8.37. The molecule has 0 radical (unpaired) electrons. The van der Waals surface area contributed by atoms with Gasteiger partial charge in [0.1, 0.15) is 23.4 Å². The number of ether oxygens (including phenoxy) is 2. The first-order valence-corrected chi connectivity index (χ1v) is 9.57. The van der Waals surface area contributed by atoms with Crippen LogP contribution in [0.5, 0.6) is 17.2 Å². The zero-order chi connectivity index (χ0) is 20.2. The van der Waals surface area contributed by atoms with Crippen molar-refractivity contribution in [1.82, 2.24) is 5.32 Å². The molecule has 0 aromatic heterocycles. The Bertz CT molecular complexity index is 1030. The van der Waals surface area contributed by atoms with Gasteiger partial charge < -0.3 is 14.6 Å². The summed E-state index contributed by atoms with van der Waals surface area (Å²) in [7, 11) is 3.32. The van der Waals surface area contributed by atoms with E-state index in [-0.39, 0.29) is 18.0 Å². The number of phenols is 1. The van der Waals surface area contributed by atoms with Crippen LogP contribution in [0.4, 0.5) is 0 Å². The fraction of sp³-hybridized carbons (Fsp3) is 0.208. The Kier molecular flexibility index (Phi) is 5.49. The average molecular weight is 388 g/mol. The van der Waals surface area contributed by atoms with E-state index in [9.17, 15) is 5.11 Å². The number of nitrogens with zero attached hydrogens (tertiary/aromatic N) is 1. The third-order valence-electron chi connectivity index (χ3n) is 5.19. The molecule has 148 valence electrons. The van der Waals surface area contributed by atoms with Crippen molar-refractivity contribution >= 4 is 5.71 Å². The molecule has 2 atom stereocenters. The van der Waals surface area contributed by atoms with E-state index in [2.05, 4.69) is 5.32 Å². The molecule has 0 saturated carbocycles. The van der Waals surface area contributed by atoms with Crippen molar-refractivity contribution in [2.75, 3.05) is 14.2 Å². The number of hydrogen-bond acceptors (Lipinski definition) is 5. The largest absolute Gasteiger partial charge is 0.508 e. The van der Waals surface area contributed by atoms with Gasteiger partial charge in [-0.3, -0.25) is 10.3 Å². The standard InChI is InChI=1S/C24H24N2O3/c1-28-17-9-7-8-16(14-17)20-15-21(18-10-3-5-12-22(18)27)26-24(25-20)19-11-4-6-13-23(19)29-2/h3-14,21,24,26-27H,15H2,1-2H3. The van der Waals surface area contributed by atoms with Crippen LogP contribution in [0.15, 0.2) is 77.8 Å². The molecule has 2 unspecified atom stereocenters. The van der Waals surface area contributed by atoms with Crippen molar-refractivity contribution in [3.8, 4) is 17.2 Å². The smallest absolute Gasteiger partial charge is 0.129 e. The monoisotopic (exact) mass is 388 g/mol. The molecule has 1 heterocycles. The first kappa shape index (κ1) is 19.0. The number of rotatable bonds is 5. The number of nitrogens with one attached hydrogen (secondary N) is 1. The van der Waals surface area contributed by atoms with Crippen molar-refractivity contribution in [2.24, 2.45) is 4.99 Å². The molecule has 0 aliphatic carbocycles. The Morgan fingerprint density at radius 2 is 1.66 bits per heavy atom. The highest BCUT2D eigenvalue weighted by Crippen LogP contribution is 2.36. The van der Waals surface area contributed by atoms with Crippen LogP contribution in [0.1, 0.15) is 35.3 Å². The van der Waals surface area contributed by atoms with E-state index in [0.29, 0.717) is 6.42 Å². The first-order chi connectivity index (χ1) is 14.2. The van der Waals surface area contributed by atoms with Gasteiger partial charge in [-0.05, 0) is 29.8 Å². The van der Waals surface area contributed by atoms with Crippen molar-refractivity contribution in [1.29, 1.82) is 0 Å². The van der Waals surface area contributed by atoms with Crippen molar-refractivity contribution in [3.63, 3.8) is 0 Å². The molecule has 1 aliphatic heterocycles. The van der Waals surface area contributed by atoms with E-state index in [4.69, 9.17) is 14.5 Å². The number of hydrogen-bond donors (Lipinski definition) is 2. The lowest BCUT2D eigenvalue weighted by atomic mass is 9.93. The van der Waals surface area contributed by atoms with Crippen molar-refractivity contribution < 1.29 is 14.6 Å². The number of benzene rings is 3. The summed E-state index contributed by atoms with van der Waals surface area (Å²) < 4.78 is 11.0. The Labute approximate surface area is 170 Å². The predicted octanol–water partition coefficient (Wildman–Crippen LogP) is 4.63. The van der Waals surface area contributed by atoms with Crippen molar-refractivity contribution in [2.45, 2.75) is 18.6 Å². The van der Waals surface area contributed by atoms with Gasteiger partial charge in [-0.1, -0.05) is 48.5 Å². The second-order valence-electron chi connectivity index (χ2n) is 6.93. The Morgan fingerprint density at radius 3 is 2.41 bits per heavy atom.